The van der Waals surface area contributed by atoms with Gasteiger partial charge in [-0.15, -0.1) is 0 Å². The molecular formula is C8H18PS2. The van der Waals surface area contributed by atoms with Crippen LogP contribution in [0.5, 0.6) is 0 Å². The summed E-state index contributed by atoms with van der Waals surface area (Å²) in [6.45, 7) is 8.81. The molecule has 67 valence electrons. The first-order valence-electron chi connectivity index (χ1n) is 4.12. The minimum atomic E-state index is -1.39. The maximum Gasteiger partial charge on any atom is 0.0187 e. The molecule has 0 amide bonds. The summed E-state index contributed by atoms with van der Waals surface area (Å²) in [5.41, 5.74) is 0. The van der Waals surface area contributed by atoms with E-state index in [-0.39, 0.29) is 0 Å². The third-order valence-corrected chi connectivity index (χ3v) is 5.65. The average Bonchev–Trinajstić information content (AvgIpc) is 1.53. The first-order chi connectivity index (χ1) is 4.83. The molecule has 0 nitrogen and oxygen atoms in total. The molecule has 0 heterocycles. The Balaban J connectivity index is 3.91. The highest BCUT2D eigenvalue weighted by atomic mass is 32.9. The third-order valence-electron chi connectivity index (χ3n) is 1.29. The van der Waals surface area contributed by atoms with Crippen LogP contribution in [0, 0.1) is 11.8 Å². The second-order valence-corrected chi connectivity index (χ2v) is 11.2. The summed E-state index contributed by atoms with van der Waals surface area (Å²) in [6.07, 6.45) is 2.19. The molecule has 0 aliphatic heterocycles. The van der Waals surface area contributed by atoms with E-state index in [0.717, 1.165) is 12.3 Å². The fraction of sp³-hybridized carbons (Fsp3) is 1.00. The van der Waals surface area contributed by atoms with E-state index in [9.17, 15) is 0 Å². The lowest BCUT2D eigenvalue weighted by Gasteiger charge is -2.18. The van der Waals surface area contributed by atoms with Crippen LogP contribution in [-0.2, 0) is 11.8 Å². The quantitative estimate of drug-likeness (QED) is 0.633. The molecule has 0 aromatic heterocycles. The summed E-state index contributed by atoms with van der Waals surface area (Å²) in [4.78, 5) is 0. The topological polar surface area (TPSA) is 0 Å². The van der Waals surface area contributed by atoms with Crippen molar-refractivity contribution in [2.75, 3.05) is 12.3 Å². The fourth-order valence-corrected chi connectivity index (χ4v) is 7.14. The summed E-state index contributed by atoms with van der Waals surface area (Å²) in [6, 6.07) is 0. The van der Waals surface area contributed by atoms with Crippen molar-refractivity contribution in [3.8, 4) is 0 Å². The first kappa shape index (κ1) is 12.0. The van der Waals surface area contributed by atoms with Gasteiger partial charge in [-0.05, 0) is 24.2 Å². The number of hydrogen-bond donors (Lipinski definition) is 0. The lowest BCUT2D eigenvalue weighted by molar-refractivity contribution is 0.723. The smallest absolute Gasteiger partial charge is 0.0187 e. The molecule has 0 saturated carbocycles. The lowest BCUT2D eigenvalue weighted by Crippen LogP contribution is -2.01. The summed E-state index contributed by atoms with van der Waals surface area (Å²) in [7, 11) is 0. The van der Waals surface area contributed by atoms with Crippen LogP contribution >= 0.6 is 17.5 Å². The molecule has 0 fully saturated rings. The van der Waals surface area contributed by atoms with Gasteiger partial charge in [0.25, 0.3) is 0 Å². The minimum Gasteiger partial charge on any atom is -0.0851 e. The van der Waals surface area contributed by atoms with E-state index in [4.69, 9.17) is 24.1 Å². The molecule has 0 aliphatic rings. The summed E-state index contributed by atoms with van der Waals surface area (Å²) in [5, 5.41) is -1.39. The Labute approximate surface area is 81.3 Å². The monoisotopic (exact) mass is 209 g/mol. The van der Waals surface area contributed by atoms with Crippen LogP contribution in [0.4, 0.5) is 0 Å². The van der Waals surface area contributed by atoms with Crippen molar-refractivity contribution in [1.29, 1.82) is 0 Å². The van der Waals surface area contributed by atoms with E-state index in [2.05, 4.69) is 27.7 Å². The Morgan fingerprint density at radius 3 is 1.45 bits per heavy atom. The zero-order chi connectivity index (χ0) is 9.07. The molecule has 0 atom stereocenters. The molecule has 0 saturated heterocycles. The van der Waals surface area contributed by atoms with Gasteiger partial charge in [0, 0.05) is 5.24 Å². The molecule has 1 radical (unpaired) electrons. The molecule has 0 aliphatic carbocycles. The van der Waals surface area contributed by atoms with Crippen molar-refractivity contribution >= 4 is 29.3 Å². The van der Waals surface area contributed by atoms with E-state index >= 15 is 0 Å². The van der Waals surface area contributed by atoms with Crippen LogP contribution in [0.1, 0.15) is 27.7 Å². The third kappa shape index (κ3) is 7.36. The Kier molecular flexibility index (Phi) is 5.33. The highest BCUT2D eigenvalue weighted by molar-refractivity contribution is 8.63. The normalized spacial score (nSPS) is 13.0. The largest absolute Gasteiger partial charge is 0.0851 e. The van der Waals surface area contributed by atoms with E-state index in [1.807, 2.05) is 0 Å². The molecule has 0 N–H and O–H groups in total. The van der Waals surface area contributed by atoms with Crippen LogP contribution < -0.4 is 0 Å². The van der Waals surface area contributed by atoms with Crippen LogP contribution in [-0.4, -0.2) is 12.3 Å². The second kappa shape index (κ2) is 4.89. The van der Waals surface area contributed by atoms with Gasteiger partial charge < -0.3 is 0 Å². The van der Waals surface area contributed by atoms with Crippen molar-refractivity contribution in [2.24, 2.45) is 11.8 Å². The number of rotatable bonds is 4. The Hall–Kier alpha value is 1.00. The molecule has 11 heavy (non-hydrogen) atoms. The van der Waals surface area contributed by atoms with E-state index < -0.39 is 5.24 Å². The average molecular weight is 209 g/mol. The molecule has 0 rings (SSSR count). The van der Waals surface area contributed by atoms with Crippen LogP contribution in [0.3, 0.4) is 0 Å². The van der Waals surface area contributed by atoms with E-state index in [1.54, 1.807) is 0 Å². The highest BCUT2D eigenvalue weighted by Crippen LogP contribution is 2.53. The molecule has 0 unspecified atom stereocenters. The van der Waals surface area contributed by atoms with Gasteiger partial charge in [-0.3, -0.25) is 0 Å². The molecule has 0 aromatic carbocycles. The Morgan fingerprint density at radius 2 is 1.27 bits per heavy atom. The molecular weight excluding hydrogens is 191 g/mol. The predicted octanol–water partition coefficient (Wildman–Crippen LogP) is 3.89. The van der Waals surface area contributed by atoms with Crippen LogP contribution in [0.15, 0.2) is 0 Å². The maximum absolute atomic E-state index is 5.42. The molecule has 0 bridgehead atoms. The maximum atomic E-state index is 5.42. The van der Waals surface area contributed by atoms with E-state index in [0.29, 0.717) is 11.8 Å². The summed E-state index contributed by atoms with van der Waals surface area (Å²) in [5.74, 6) is 1.36. The van der Waals surface area contributed by atoms with Gasteiger partial charge in [0.15, 0.2) is 0 Å². The zero-order valence-electron chi connectivity index (χ0n) is 7.83. The van der Waals surface area contributed by atoms with Gasteiger partial charge in [0.1, 0.15) is 0 Å². The SMILES string of the molecule is CC(C)CP([S])(=S)CC(C)C. The molecule has 0 aromatic rings. The lowest BCUT2D eigenvalue weighted by atomic mass is 10.3. The second-order valence-electron chi connectivity index (χ2n) is 3.97. The van der Waals surface area contributed by atoms with Gasteiger partial charge in [-0.2, -0.15) is 0 Å². The highest BCUT2D eigenvalue weighted by Gasteiger charge is 2.15. The van der Waals surface area contributed by atoms with Crippen molar-refractivity contribution < 1.29 is 0 Å². The molecule has 0 spiro atoms. The Bertz CT molecular complexity index is 138. The summed E-state index contributed by atoms with van der Waals surface area (Å²) >= 11 is 10.8. The Morgan fingerprint density at radius 1 is 1.00 bits per heavy atom. The van der Waals surface area contributed by atoms with Gasteiger partial charge in [-0.25, -0.2) is 0 Å². The predicted molar refractivity (Wildman–Crippen MR) is 61.3 cm³/mol. The van der Waals surface area contributed by atoms with Crippen molar-refractivity contribution in [3.63, 3.8) is 0 Å². The van der Waals surface area contributed by atoms with Gasteiger partial charge >= 0.3 is 0 Å². The summed E-state index contributed by atoms with van der Waals surface area (Å²) < 4.78 is 0. The van der Waals surface area contributed by atoms with Gasteiger partial charge in [0.05, 0.1) is 0 Å². The minimum absolute atomic E-state index is 0.678. The standard InChI is InChI=1S/C8H18PS2/c1-7(2)5-9(10,11)6-8(3)4/h7-8H,5-6H2,1-4H3. The number of hydrogen-bond acceptors (Lipinski definition) is 1. The van der Waals surface area contributed by atoms with Gasteiger partial charge in [0.2, 0.25) is 0 Å². The fourth-order valence-electron chi connectivity index (χ4n) is 1.19. The van der Waals surface area contributed by atoms with Crippen LogP contribution in [0.2, 0.25) is 0 Å². The van der Waals surface area contributed by atoms with E-state index in [1.165, 1.54) is 0 Å². The van der Waals surface area contributed by atoms with Gasteiger partial charge in [-0.1, -0.05) is 51.8 Å². The van der Waals surface area contributed by atoms with Crippen LogP contribution in [0.25, 0.3) is 0 Å². The first-order valence-corrected chi connectivity index (χ1v) is 8.31. The molecule has 3 heteroatoms. The zero-order valence-corrected chi connectivity index (χ0v) is 10.4. The van der Waals surface area contributed by atoms with Crippen molar-refractivity contribution in [3.05, 3.63) is 0 Å². The van der Waals surface area contributed by atoms with Crippen molar-refractivity contribution in [2.45, 2.75) is 27.7 Å². The van der Waals surface area contributed by atoms with Crippen molar-refractivity contribution in [1.82, 2.24) is 0 Å².